The molecule has 0 aliphatic heterocycles. The van der Waals surface area contributed by atoms with Gasteiger partial charge in [-0.3, -0.25) is 0 Å². The van der Waals surface area contributed by atoms with E-state index in [0.717, 1.165) is 24.6 Å². The van der Waals surface area contributed by atoms with Crippen molar-refractivity contribution in [3.05, 3.63) is 10.5 Å². The molecule has 0 radical (unpaired) electrons. The van der Waals surface area contributed by atoms with E-state index in [1.807, 2.05) is 5.38 Å². The molecule has 5 heteroatoms. The maximum absolute atomic E-state index is 5.78. The molecule has 1 aromatic heterocycles. The van der Waals surface area contributed by atoms with Crippen LogP contribution in [0.4, 0.5) is 5.13 Å². The second kappa shape index (κ2) is 7.90. The van der Waals surface area contributed by atoms with Crippen LogP contribution in [0.3, 0.4) is 0 Å². The summed E-state index contributed by atoms with van der Waals surface area (Å²) in [5.41, 5.74) is 0. The number of hydrogen-bond donors (Lipinski definition) is 1. The third-order valence-corrected chi connectivity index (χ3v) is 3.95. The highest BCUT2D eigenvalue weighted by molar-refractivity contribution is 7.14. The van der Waals surface area contributed by atoms with Crippen LogP contribution in [-0.2, 0) is 0 Å². The van der Waals surface area contributed by atoms with Gasteiger partial charge in [-0.2, -0.15) is 0 Å². The van der Waals surface area contributed by atoms with Crippen molar-refractivity contribution in [3.63, 3.8) is 0 Å². The Labute approximate surface area is 113 Å². The van der Waals surface area contributed by atoms with Gasteiger partial charge in [0.1, 0.15) is 5.15 Å². The summed E-state index contributed by atoms with van der Waals surface area (Å²) in [6.07, 6.45) is 2.38. The monoisotopic (exact) mass is 275 g/mol. The van der Waals surface area contributed by atoms with E-state index in [-0.39, 0.29) is 0 Å². The molecule has 0 aromatic carbocycles. The molecule has 0 spiro atoms. The lowest BCUT2D eigenvalue weighted by atomic mass is 10.2. The summed E-state index contributed by atoms with van der Waals surface area (Å²) in [4.78, 5) is 6.64. The lowest BCUT2D eigenvalue weighted by Crippen LogP contribution is -2.25. The van der Waals surface area contributed by atoms with Gasteiger partial charge >= 0.3 is 0 Å². The molecule has 1 rings (SSSR count). The van der Waals surface area contributed by atoms with Crippen molar-refractivity contribution >= 4 is 28.1 Å². The number of halogens is 1. The molecular formula is C12H22ClN3S. The Balaban J connectivity index is 2.19. The number of anilines is 1. The zero-order chi connectivity index (χ0) is 12.7. The maximum atomic E-state index is 5.78. The van der Waals surface area contributed by atoms with Crippen molar-refractivity contribution in [1.82, 2.24) is 9.88 Å². The van der Waals surface area contributed by atoms with E-state index in [4.69, 9.17) is 11.6 Å². The first-order valence-electron chi connectivity index (χ1n) is 6.25. The first-order chi connectivity index (χ1) is 8.15. The molecule has 0 fully saturated rings. The van der Waals surface area contributed by atoms with Crippen molar-refractivity contribution in [2.75, 3.05) is 25.0 Å². The predicted molar refractivity (Wildman–Crippen MR) is 77.2 cm³/mol. The Hall–Kier alpha value is -0.320. The minimum Gasteiger partial charge on any atom is -0.359 e. The van der Waals surface area contributed by atoms with Crippen molar-refractivity contribution in [2.45, 2.75) is 39.7 Å². The van der Waals surface area contributed by atoms with E-state index >= 15 is 0 Å². The van der Waals surface area contributed by atoms with Crippen molar-refractivity contribution in [1.29, 1.82) is 0 Å². The second-order valence-corrected chi connectivity index (χ2v) is 5.44. The van der Waals surface area contributed by atoms with E-state index in [1.165, 1.54) is 13.0 Å². The van der Waals surface area contributed by atoms with Crippen LogP contribution in [0.25, 0.3) is 0 Å². The van der Waals surface area contributed by atoms with Crippen LogP contribution in [-0.4, -0.2) is 35.6 Å². The standard InChI is InChI=1S/C12H22ClN3S/c1-4-16(5-2)8-6-7-10(3)14-12-15-11(13)9-17-12/h9-10H,4-8H2,1-3H3,(H,14,15). The summed E-state index contributed by atoms with van der Waals surface area (Å²) in [5, 5.41) is 6.73. The Kier molecular flexibility index (Phi) is 6.85. The zero-order valence-corrected chi connectivity index (χ0v) is 12.4. The molecule has 1 atom stereocenters. The number of thiazole rings is 1. The normalized spacial score (nSPS) is 13.0. The topological polar surface area (TPSA) is 28.2 Å². The first kappa shape index (κ1) is 14.7. The molecule has 1 unspecified atom stereocenters. The molecule has 3 nitrogen and oxygen atoms in total. The lowest BCUT2D eigenvalue weighted by molar-refractivity contribution is 0.295. The Bertz CT molecular complexity index is 312. The summed E-state index contributed by atoms with van der Waals surface area (Å²) < 4.78 is 0. The Morgan fingerprint density at radius 3 is 2.71 bits per heavy atom. The molecule has 0 amide bonds. The van der Waals surface area contributed by atoms with E-state index in [1.54, 1.807) is 11.3 Å². The van der Waals surface area contributed by atoms with Gasteiger partial charge < -0.3 is 10.2 Å². The molecule has 0 saturated heterocycles. The van der Waals surface area contributed by atoms with Crippen molar-refractivity contribution in [2.24, 2.45) is 0 Å². The fourth-order valence-corrected chi connectivity index (χ4v) is 2.71. The van der Waals surface area contributed by atoms with Crippen LogP contribution in [0.2, 0.25) is 5.15 Å². The van der Waals surface area contributed by atoms with Gasteiger partial charge in [-0.05, 0) is 39.4 Å². The number of nitrogens with one attached hydrogen (secondary N) is 1. The molecule has 0 aliphatic rings. The van der Waals surface area contributed by atoms with Crippen LogP contribution in [0.1, 0.15) is 33.6 Å². The third kappa shape index (κ3) is 5.70. The highest BCUT2D eigenvalue weighted by Gasteiger charge is 2.06. The van der Waals surface area contributed by atoms with Gasteiger partial charge in [0.25, 0.3) is 0 Å². The fourth-order valence-electron chi connectivity index (χ4n) is 1.76. The number of aromatic nitrogens is 1. The van der Waals surface area contributed by atoms with Gasteiger partial charge in [0, 0.05) is 11.4 Å². The predicted octanol–water partition coefficient (Wildman–Crippen LogP) is 3.72. The Morgan fingerprint density at radius 1 is 1.47 bits per heavy atom. The molecule has 0 aliphatic carbocycles. The second-order valence-electron chi connectivity index (χ2n) is 4.19. The number of nitrogens with zero attached hydrogens (tertiary/aromatic N) is 2. The fraction of sp³-hybridized carbons (Fsp3) is 0.750. The smallest absolute Gasteiger partial charge is 0.184 e. The molecular weight excluding hydrogens is 254 g/mol. The van der Waals surface area contributed by atoms with Crippen LogP contribution < -0.4 is 5.32 Å². The summed E-state index contributed by atoms with van der Waals surface area (Å²) in [6.45, 7) is 10.1. The molecule has 17 heavy (non-hydrogen) atoms. The number of rotatable bonds is 8. The van der Waals surface area contributed by atoms with Crippen molar-refractivity contribution in [3.8, 4) is 0 Å². The van der Waals surface area contributed by atoms with Gasteiger partial charge in [0.2, 0.25) is 0 Å². The Morgan fingerprint density at radius 2 is 2.18 bits per heavy atom. The van der Waals surface area contributed by atoms with Gasteiger partial charge in [-0.15, -0.1) is 11.3 Å². The minimum absolute atomic E-state index is 0.452. The maximum Gasteiger partial charge on any atom is 0.184 e. The van der Waals surface area contributed by atoms with Crippen LogP contribution >= 0.6 is 22.9 Å². The third-order valence-electron chi connectivity index (χ3n) is 2.85. The van der Waals surface area contributed by atoms with Crippen LogP contribution in [0.5, 0.6) is 0 Å². The SMILES string of the molecule is CCN(CC)CCCC(C)Nc1nc(Cl)cs1. The van der Waals surface area contributed by atoms with Crippen LogP contribution in [0, 0.1) is 0 Å². The lowest BCUT2D eigenvalue weighted by Gasteiger charge is -2.19. The largest absolute Gasteiger partial charge is 0.359 e. The van der Waals surface area contributed by atoms with Crippen molar-refractivity contribution < 1.29 is 0 Å². The molecule has 1 heterocycles. The molecule has 98 valence electrons. The highest BCUT2D eigenvalue weighted by atomic mass is 35.5. The van der Waals surface area contributed by atoms with Gasteiger partial charge in [0.05, 0.1) is 0 Å². The summed E-state index contributed by atoms with van der Waals surface area (Å²) >= 11 is 7.34. The van der Waals surface area contributed by atoms with E-state index < -0.39 is 0 Å². The number of hydrogen-bond acceptors (Lipinski definition) is 4. The van der Waals surface area contributed by atoms with Gasteiger partial charge in [-0.1, -0.05) is 25.4 Å². The van der Waals surface area contributed by atoms with Crippen LogP contribution in [0.15, 0.2) is 5.38 Å². The average Bonchev–Trinajstić information content (AvgIpc) is 2.70. The van der Waals surface area contributed by atoms with E-state index in [9.17, 15) is 0 Å². The molecule has 0 saturated carbocycles. The summed E-state index contributed by atoms with van der Waals surface area (Å²) in [5.74, 6) is 0. The van der Waals surface area contributed by atoms with E-state index in [2.05, 4.69) is 36.0 Å². The average molecular weight is 276 g/mol. The molecule has 1 N–H and O–H groups in total. The highest BCUT2D eigenvalue weighted by Crippen LogP contribution is 2.20. The van der Waals surface area contributed by atoms with Gasteiger partial charge in [0.15, 0.2) is 5.13 Å². The molecule has 1 aromatic rings. The van der Waals surface area contributed by atoms with E-state index in [0.29, 0.717) is 11.2 Å². The van der Waals surface area contributed by atoms with Gasteiger partial charge in [-0.25, -0.2) is 4.98 Å². The minimum atomic E-state index is 0.452. The summed E-state index contributed by atoms with van der Waals surface area (Å²) in [7, 11) is 0. The first-order valence-corrected chi connectivity index (χ1v) is 7.51. The quantitative estimate of drug-likeness (QED) is 0.784. The summed E-state index contributed by atoms with van der Waals surface area (Å²) in [6, 6.07) is 0.452. The zero-order valence-electron chi connectivity index (χ0n) is 10.9. The molecule has 0 bridgehead atoms.